The maximum absolute atomic E-state index is 9.56. The molecule has 0 aliphatic heterocycles. The van der Waals surface area contributed by atoms with Crippen molar-refractivity contribution in [3.63, 3.8) is 0 Å². The maximum atomic E-state index is 9.56. The van der Waals surface area contributed by atoms with E-state index in [9.17, 15) is 5.11 Å². The molecule has 1 atom stereocenters. The van der Waals surface area contributed by atoms with Gasteiger partial charge in [0.05, 0.1) is 13.7 Å². The molecule has 0 spiro atoms. The number of aliphatic hydroxyl groups is 1. The van der Waals surface area contributed by atoms with E-state index in [1.165, 1.54) is 0 Å². The Morgan fingerprint density at radius 1 is 1.29 bits per heavy atom. The van der Waals surface area contributed by atoms with Gasteiger partial charge in [0.25, 0.3) is 0 Å². The zero-order valence-electron chi connectivity index (χ0n) is 11.4. The summed E-state index contributed by atoms with van der Waals surface area (Å²) in [5, 5.41) is 9.56. The summed E-state index contributed by atoms with van der Waals surface area (Å²) in [7, 11) is 1.68. The van der Waals surface area contributed by atoms with Crippen LogP contribution in [0.2, 0.25) is 0 Å². The van der Waals surface area contributed by atoms with Gasteiger partial charge in [-0.15, -0.1) is 0 Å². The van der Waals surface area contributed by atoms with E-state index in [1.807, 2.05) is 20.8 Å². The van der Waals surface area contributed by atoms with Crippen LogP contribution in [0.4, 0.5) is 0 Å². The van der Waals surface area contributed by atoms with Gasteiger partial charge in [0.2, 0.25) is 0 Å². The van der Waals surface area contributed by atoms with Gasteiger partial charge in [0, 0.05) is 12.0 Å². The van der Waals surface area contributed by atoms with Crippen LogP contribution >= 0.6 is 0 Å². The molecule has 0 aliphatic rings. The minimum Gasteiger partial charge on any atom is -0.496 e. The summed E-state index contributed by atoms with van der Waals surface area (Å²) in [5.74, 6) is 0.920. The molecule has 0 aromatic heterocycles. The van der Waals surface area contributed by atoms with Crippen molar-refractivity contribution in [1.82, 2.24) is 0 Å². The van der Waals surface area contributed by atoms with Gasteiger partial charge in [-0.05, 0) is 43.0 Å². The summed E-state index contributed by atoms with van der Waals surface area (Å²) in [6.07, 6.45) is 0. The predicted octanol–water partition coefficient (Wildman–Crippen LogP) is 1.83. The van der Waals surface area contributed by atoms with E-state index < -0.39 is 0 Å². The largest absolute Gasteiger partial charge is 0.496 e. The van der Waals surface area contributed by atoms with E-state index in [0.29, 0.717) is 6.54 Å². The lowest BCUT2D eigenvalue weighted by Gasteiger charge is -2.30. The fraction of sp³-hybridized carbons (Fsp3) is 0.571. The number of ether oxygens (including phenoxy) is 1. The van der Waals surface area contributed by atoms with E-state index in [0.717, 1.165) is 28.0 Å². The molecule has 17 heavy (non-hydrogen) atoms. The van der Waals surface area contributed by atoms with Crippen molar-refractivity contribution >= 4 is 0 Å². The summed E-state index contributed by atoms with van der Waals surface area (Å²) >= 11 is 0. The third kappa shape index (κ3) is 2.31. The molecular weight excluding hydrogens is 214 g/mol. The third-order valence-corrected chi connectivity index (χ3v) is 3.68. The summed E-state index contributed by atoms with van der Waals surface area (Å²) in [6, 6.07) is 2.07. The Morgan fingerprint density at radius 2 is 1.88 bits per heavy atom. The van der Waals surface area contributed by atoms with Crippen LogP contribution in [0.25, 0.3) is 0 Å². The molecule has 0 heterocycles. The van der Waals surface area contributed by atoms with Crippen LogP contribution in [0.1, 0.15) is 29.2 Å². The van der Waals surface area contributed by atoms with Crippen molar-refractivity contribution in [1.29, 1.82) is 0 Å². The van der Waals surface area contributed by atoms with Gasteiger partial charge in [-0.1, -0.05) is 13.0 Å². The zero-order chi connectivity index (χ0) is 13.2. The molecule has 0 saturated carbocycles. The van der Waals surface area contributed by atoms with Crippen molar-refractivity contribution in [3.8, 4) is 5.75 Å². The molecule has 3 heteroatoms. The molecule has 0 amide bonds. The van der Waals surface area contributed by atoms with Crippen molar-refractivity contribution in [3.05, 3.63) is 28.3 Å². The first kappa shape index (κ1) is 14.0. The molecule has 3 N–H and O–H groups in total. The van der Waals surface area contributed by atoms with E-state index in [2.05, 4.69) is 13.0 Å². The Kier molecular flexibility index (Phi) is 4.17. The fourth-order valence-electron chi connectivity index (χ4n) is 2.26. The second-order valence-electron chi connectivity index (χ2n) is 4.95. The number of hydrogen-bond donors (Lipinski definition) is 2. The van der Waals surface area contributed by atoms with Crippen LogP contribution in [-0.2, 0) is 5.41 Å². The Labute approximate surface area is 104 Å². The smallest absolute Gasteiger partial charge is 0.124 e. The Balaban J connectivity index is 3.47. The highest BCUT2D eigenvalue weighted by molar-refractivity contribution is 5.51. The first-order valence-corrected chi connectivity index (χ1v) is 5.87. The Bertz CT molecular complexity index is 409. The van der Waals surface area contributed by atoms with Gasteiger partial charge < -0.3 is 15.6 Å². The van der Waals surface area contributed by atoms with Gasteiger partial charge in [-0.3, -0.25) is 0 Å². The van der Waals surface area contributed by atoms with Crippen molar-refractivity contribution in [2.24, 2.45) is 5.73 Å². The van der Waals surface area contributed by atoms with Crippen LogP contribution < -0.4 is 10.5 Å². The number of benzene rings is 1. The molecular formula is C14H23NO2. The maximum Gasteiger partial charge on any atom is 0.124 e. The molecule has 0 aliphatic carbocycles. The van der Waals surface area contributed by atoms with Gasteiger partial charge in [0.1, 0.15) is 5.75 Å². The summed E-state index contributed by atoms with van der Waals surface area (Å²) < 4.78 is 5.40. The molecule has 3 nitrogen and oxygen atoms in total. The zero-order valence-corrected chi connectivity index (χ0v) is 11.4. The van der Waals surface area contributed by atoms with Gasteiger partial charge >= 0.3 is 0 Å². The van der Waals surface area contributed by atoms with Crippen LogP contribution in [0.3, 0.4) is 0 Å². The highest BCUT2D eigenvalue weighted by Gasteiger charge is 2.27. The number of hydrogen-bond acceptors (Lipinski definition) is 3. The SMILES string of the molecule is COc1c(C)cc(C(C)(CN)CO)c(C)c1C. The second-order valence-corrected chi connectivity index (χ2v) is 4.95. The fourth-order valence-corrected chi connectivity index (χ4v) is 2.26. The first-order chi connectivity index (χ1) is 7.91. The summed E-state index contributed by atoms with van der Waals surface area (Å²) in [5.41, 5.74) is 9.88. The molecule has 96 valence electrons. The first-order valence-electron chi connectivity index (χ1n) is 5.87. The lowest BCUT2D eigenvalue weighted by molar-refractivity contribution is 0.209. The summed E-state index contributed by atoms with van der Waals surface area (Å²) in [4.78, 5) is 0. The van der Waals surface area contributed by atoms with Crippen LogP contribution in [-0.4, -0.2) is 25.4 Å². The lowest BCUT2D eigenvalue weighted by Crippen LogP contribution is -2.36. The molecule has 0 fully saturated rings. The average Bonchev–Trinajstić information content (AvgIpc) is 2.33. The number of aryl methyl sites for hydroxylation is 1. The predicted molar refractivity (Wildman–Crippen MR) is 70.7 cm³/mol. The minimum atomic E-state index is -0.383. The Morgan fingerprint density at radius 3 is 2.29 bits per heavy atom. The highest BCUT2D eigenvalue weighted by Crippen LogP contribution is 2.34. The van der Waals surface area contributed by atoms with Crippen LogP contribution in [0.15, 0.2) is 6.07 Å². The third-order valence-electron chi connectivity index (χ3n) is 3.68. The van der Waals surface area contributed by atoms with E-state index in [1.54, 1.807) is 7.11 Å². The average molecular weight is 237 g/mol. The molecule has 1 rings (SSSR count). The minimum absolute atomic E-state index is 0.0511. The standard InChI is InChI=1S/C14H23NO2/c1-9-6-12(14(4,7-15)8-16)10(2)11(3)13(9)17-5/h6,16H,7-8,15H2,1-5H3. The summed E-state index contributed by atoms with van der Waals surface area (Å²) in [6.45, 7) is 8.57. The highest BCUT2D eigenvalue weighted by atomic mass is 16.5. The molecule has 0 radical (unpaired) electrons. The Hall–Kier alpha value is -1.06. The van der Waals surface area contributed by atoms with Gasteiger partial charge in [-0.2, -0.15) is 0 Å². The number of rotatable bonds is 4. The monoisotopic (exact) mass is 237 g/mol. The quantitative estimate of drug-likeness (QED) is 0.840. The normalized spacial score (nSPS) is 14.5. The van der Waals surface area contributed by atoms with Gasteiger partial charge in [0.15, 0.2) is 0 Å². The molecule has 1 aromatic carbocycles. The molecule has 0 bridgehead atoms. The second kappa shape index (κ2) is 5.07. The molecule has 0 saturated heterocycles. The van der Waals surface area contributed by atoms with Crippen molar-refractivity contribution in [2.45, 2.75) is 33.1 Å². The number of aliphatic hydroxyl groups excluding tert-OH is 1. The van der Waals surface area contributed by atoms with Crippen LogP contribution in [0.5, 0.6) is 5.75 Å². The van der Waals surface area contributed by atoms with E-state index in [4.69, 9.17) is 10.5 Å². The lowest BCUT2D eigenvalue weighted by atomic mass is 9.79. The molecule has 1 aromatic rings. The molecule has 1 unspecified atom stereocenters. The topological polar surface area (TPSA) is 55.5 Å². The van der Waals surface area contributed by atoms with E-state index in [-0.39, 0.29) is 12.0 Å². The number of nitrogens with two attached hydrogens (primary N) is 1. The van der Waals surface area contributed by atoms with Gasteiger partial charge in [-0.25, -0.2) is 0 Å². The van der Waals surface area contributed by atoms with Crippen molar-refractivity contribution < 1.29 is 9.84 Å². The van der Waals surface area contributed by atoms with Crippen molar-refractivity contribution in [2.75, 3.05) is 20.3 Å². The van der Waals surface area contributed by atoms with Crippen LogP contribution in [0, 0.1) is 20.8 Å². The van der Waals surface area contributed by atoms with E-state index >= 15 is 0 Å². The number of methoxy groups -OCH3 is 1.